The van der Waals surface area contributed by atoms with Crippen molar-refractivity contribution in [1.29, 1.82) is 0 Å². The van der Waals surface area contributed by atoms with Gasteiger partial charge in [0.2, 0.25) is 0 Å². The molecule has 0 bridgehead atoms. The van der Waals surface area contributed by atoms with Crippen molar-refractivity contribution in [3.8, 4) is 10.7 Å². The summed E-state index contributed by atoms with van der Waals surface area (Å²) < 4.78 is 6.33. The minimum atomic E-state index is -2.32. The van der Waals surface area contributed by atoms with Gasteiger partial charge in [0.05, 0.1) is 20.2 Å². The molecule has 0 aliphatic rings. The summed E-state index contributed by atoms with van der Waals surface area (Å²) >= 11 is 3.44. The van der Waals surface area contributed by atoms with Crippen LogP contribution in [0.3, 0.4) is 0 Å². The third-order valence-electron chi connectivity index (χ3n) is 6.57. The third-order valence-corrected chi connectivity index (χ3v) is 23.8. The van der Waals surface area contributed by atoms with Gasteiger partial charge in [-0.05, 0) is 44.9 Å². The molecule has 0 aromatic carbocycles. The minimum Gasteiger partial charge on any atom is -0.545 e. The summed E-state index contributed by atoms with van der Waals surface area (Å²) in [4.78, 5) is 38.8. The molecule has 4 aromatic rings. The predicted molar refractivity (Wildman–Crippen MR) is 175 cm³/mol. The number of hydrogen-bond acceptors (Lipinski definition) is 9. The van der Waals surface area contributed by atoms with Crippen LogP contribution in [-0.4, -0.2) is 55.4 Å². The van der Waals surface area contributed by atoms with Crippen LogP contribution >= 0.6 is 38.6 Å². The second-order valence-electron chi connectivity index (χ2n) is 9.60. The molecule has 1 N–H and O–H groups in total. The molecule has 226 valence electrons. The quantitative estimate of drug-likeness (QED) is 0.198. The van der Waals surface area contributed by atoms with Crippen molar-refractivity contribution in [3.63, 3.8) is 0 Å². The molecule has 0 unspecified atom stereocenters. The van der Waals surface area contributed by atoms with Gasteiger partial charge in [-0.15, -0.1) is 22.7 Å². The summed E-state index contributed by atoms with van der Waals surface area (Å²) in [6.07, 6.45) is 15.1. The van der Waals surface area contributed by atoms with Crippen molar-refractivity contribution in [1.82, 2.24) is 19.9 Å². The monoisotopic (exact) mass is 820 g/mol. The van der Waals surface area contributed by atoms with Gasteiger partial charge in [0.1, 0.15) is 0 Å². The van der Waals surface area contributed by atoms with E-state index in [4.69, 9.17) is 15.1 Å². The largest absolute Gasteiger partial charge is 1.00 e. The Hall–Kier alpha value is -0.585. The van der Waals surface area contributed by atoms with Crippen LogP contribution in [-0.2, 0) is 0 Å². The van der Waals surface area contributed by atoms with E-state index < -0.39 is 30.3 Å². The Labute approximate surface area is 317 Å². The molecular formula is C30H38BrKN4O4S2Sn. The van der Waals surface area contributed by atoms with Gasteiger partial charge in [0.25, 0.3) is 0 Å². The van der Waals surface area contributed by atoms with E-state index in [1.54, 1.807) is 35.3 Å². The third kappa shape index (κ3) is 13.7. The minimum absolute atomic E-state index is 0. The van der Waals surface area contributed by atoms with Crippen LogP contribution in [0.2, 0.25) is 13.3 Å². The fourth-order valence-electron chi connectivity index (χ4n) is 4.33. The van der Waals surface area contributed by atoms with Crippen molar-refractivity contribution < 1.29 is 71.2 Å². The number of hydrogen-bond donors (Lipinski definition) is 1. The molecule has 4 rings (SSSR count). The normalized spacial score (nSPS) is 10.4. The van der Waals surface area contributed by atoms with E-state index >= 15 is 0 Å². The topological polar surface area (TPSA) is 129 Å². The molecule has 0 saturated carbocycles. The van der Waals surface area contributed by atoms with Gasteiger partial charge in [-0.3, -0.25) is 0 Å². The van der Waals surface area contributed by atoms with E-state index in [1.807, 2.05) is 18.5 Å². The van der Waals surface area contributed by atoms with Gasteiger partial charge in [0.15, 0.2) is 5.82 Å². The van der Waals surface area contributed by atoms with Gasteiger partial charge >= 0.3 is 181 Å². The molecule has 4 heterocycles. The van der Waals surface area contributed by atoms with Crippen LogP contribution in [0.5, 0.6) is 0 Å². The summed E-state index contributed by atoms with van der Waals surface area (Å²) in [6, 6.07) is 6.69. The van der Waals surface area contributed by atoms with E-state index in [-0.39, 0.29) is 56.9 Å². The van der Waals surface area contributed by atoms with Gasteiger partial charge in [-0.25, -0.2) is 14.8 Å². The van der Waals surface area contributed by atoms with Crippen molar-refractivity contribution >= 4 is 72.8 Å². The molecule has 13 heteroatoms. The summed E-state index contributed by atoms with van der Waals surface area (Å²) in [7, 11) is 0. The molecule has 0 aliphatic heterocycles. The molecule has 0 fully saturated rings. The van der Waals surface area contributed by atoms with Crippen molar-refractivity contribution in [2.24, 2.45) is 0 Å². The first-order chi connectivity index (χ1) is 20.3. The average molecular weight is 821 g/mol. The zero-order valence-corrected chi connectivity index (χ0v) is 34.5. The molecule has 0 atom stereocenters. The Morgan fingerprint density at radius 2 is 1.28 bits per heavy atom. The SMILES string of the molecule is CCC[CH2][Sn]([CH2]CCC)([CH2]CCC)[c]1ncccn1.O=C(O)c1ccsc1Br.O=C([O-])c1ccsc1-c1ncccn1.[K+]. The summed E-state index contributed by atoms with van der Waals surface area (Å²) in [5, 5.41) is 22.5. The van der Waals surface area contributed by atoms with Crippen molar-refractivity contribution in [3.05, 3.63) is 74.7 Å². The Morgan fingerprint density at radius 1 is 0.814 bits per heavy atom. The van der Waals surface area contributed by atoms with E-state index in [0.29, 0.717) is 20.1 Å². The van der Waals surface area contributed by atoms with Gasteiger partial charge < -0.3 is 15.0 Å². The van der Waals surface area contributed by atoms with Crippen LogP contribution in [0.4, 0.5) is 0 Å². The maximum Gasteiger partial charge on any atom is 1.00 e. The van der Waals surface area contributed by atoms with Crippen LogP contribution in [0, 0.1) is 0 Å². The molecular weight excluding hydrogens is 782 g/mol. The van der Waals surface area contributed by atoms with Crippen LogP contribution in [0.1, 0.15) is 80.0 Å². The number of halogens is 1. The number of carbonyl (C=O) groups excluding carboxylic acids is 1. The number of aromatic nitrogens is 4. The number of carbonyl (C=O) groups is 2. The molecule has 4 aromatic heterocycles. The first-order valence-corrected chi connectivity index (χ1v) is 24.1. The Balaban J connectivity index is 0.000000338. The van der Waals surface area contributed by atoms with E-state index in [9.17, 15) is 14.7 Å². The zero-order valence-electron chi connectivity index (χ0n) is 25.3. The van der Waals surface area contributed by atoms with E-state index in [2.05, 4.69) is 46.7 Å². The maximum absolute atomic E-state index is 10.7. The van der Waals surface area contributed by atoms with Crippen molar-refractivity contribution in [2.75, 3.05) is 0 Å². The number of thiophene rings is 2. The number of carboxylic acid groups (broad SMARTS) is 2. The second kappa shape index (κ2) is 22.8. The molecule has 43 heavy (non-hydrogen) atoms. The van der Waals surface area contributed by atoms with E-state index in [1.165, 1.54) is 84.4 Å². The Bertz CT molecular complexity index is 1320. The molecule has 8 nitrogen and oxygen atoms in total. The smallest absolute Gasteiger partial charge is 0.545 e. The van der Waals surface area contributed by atoms with Crippen LogP contribution in [0.15, 0.2) is 63.6 Å². The van der Waals surface area contributed by atoms with Gasteiger partial charge in [-0.1, -0.05) is 0 Å². The molecule has 0 spiro atoms. The van der Waals surface area contributed by atoms with Gasteiger partial charge in [0, 0.05) is 18.0 Å². The summed E-state index contributed by atoms with van der Waals surface area (Å²) in [6.45, 7) is 6.92. The first kappa shape index (κ1) is 40.4. The number of nitrogens with zero attached hydrogens (tertiary/aromatic N) is 4. The van der Waals surface area contributed by atoms with Gasteiger partial charge in [-0.2, -0.15) is 0 Å². The zero-order chi connectivity index (χ0) is 30.8. The number of unbranched alkanes of at least 4 members (excludes halogenated alkanes) is 3. The predicted octanol–water partition coefficient (Wildman–Crippen LogP) is 4.31. The summed E-state index contributed by atoms with van der Waals surface area (Å²) in [5.74, 6) is -1.67. The number of aromatic carboxylic acids is 2. The number of carboxylic acids is 2. The maximum atomic E-state index is 10.7. The standard InChI is InChI=1S/C9H6N2O2S.C5H3BrO2S.C4H3N2.3C4H9.K.Sn/c12-9(13)6-2-5-14-7(6)8-10-3-1-4-11-8;6-4-3(5(7)8)1-2-9-4;1-2-5-4-6-3-1;3*1-3-4-2;;/h1-5H,(H,12,13);1-2H,(H,7,8);1-3H;3*1,3-4H2,2H3;;/q;;;;;;+1;/p-1. The fraction of sp³-hybridized carbons (Fsp3) is 0.400. The molecule has 0 aliphatic carbocycles. The fourth-order valence-corrected chi connectivity index (χ4v) is 21.3. The molecule has 0 radical (unpaired) electrons. The van der Waals surface area contributed by atoms with Crippen LogP contribution < -0.4 is 60.3 Å². The summed E-state index contributed by atoms with van der Waals surface area (Å²) in [5.41, 5.74) is 0.473. The molecule has 0 amide bonds. The first-order valence-electron chi connectivity index (χ1n) is 14.1. The molecule has 0 saturated heterocycles. The van der Waals surface area contributed by atoms with Crippen molar-refractivity contribution in [2.45, 2.75) is 72.6 Å². The number of rotatable bonds is 13. The van der Waals surface area contributed by atoms with E-state index in [0.717, 1.165) is 0 Å². The average Bonchev–Trinajstić information content (AvgIpc) is 3.68. The second-order valence-corrected chi connectivity index (χ2v) is 25.6. The Morgan fingerprint density at radius 3 is 1.67 bits per heavy atom. The van der Waals surface area contributed by atoms with Crippen LogP contribution in [0.25, 0.3) is 10.7 Å². The Kier molecular flexibility index (Phi) is 21.5.